The number of amides is 1. The monoisotopic (exact) mass is 359 g/mol. The van der Waals surface area contributed by atoms with Crippen LogP contribution in [0, 0.1) is 5.82 Å². The van der Waals surface area contributed by atoms with Crippen LogP contribution in [0.2, 0.25) is 0 Å². The predicted molar refractivity (Wildman–Crippen MR) is 97.0 cm³/mol. The predicted octanol–water partition coefficient (Wildman–Crippen LogP) is 4.21. The molecule has 0 saturated heterocycles. The first-order valence-electron chi connectivity index (χ1n) is 8.23. The van der Waals surface area contributed by atoms with Crippen LogP contribution in [0.25, 0.3) is 11.1 Å². The average Bonchev–Trinajstić information content (AvgIpc) is 2.57. The second-order valence-corrected chi connectivity index (χ2v) is 6.69. The van der Waals surface area contributed by atoms with Crippen LogP contribution in [0.1, 0.15) is 31.1 Å². The van der Waals surface area contributed by atoms with Gasteiger partial charge in [0.05, 0.1) is 6.54 Å². The van der Waals surface area contributed by atoms with E-state index in [0.29, 0.717) is 11.3 Å². The number of ether oxygens (including phenoxy) is 2. The largest absolute Gasteiger partial charge is 0.492 e. The van der Waals surface area contributed by atoms with Crippen molar-refractivity contribution in [3.63, 3.8) is 0 Å². The molecule has 2 rings (SSSR count). The molecule has 0 saturated carbocycles. The van der Waals surface area contributed by atoms with E-state index in [2.05, 4.69) is 5.32 Å². The number of carbonyl (C=O) groups excluding carboxylic acids is 2. The number of nitrogens with one attached hydrogen (secondary N) is 1. The summed E-state index contributed by atoms with van der Waals surface area (Å²) in [6.45, 7) is 5.82. The number of benzene rings is 2. The standard InChI is InChI=1S/C20H22FNO4/c1-20(2,3)26-19(24)22-8-9-25-18-11-14(13-23)10-16(12-18)15-4-6-17(21)7-5-15/h4-7,10-13H,8-9H2,1-3H3,(H,22,24). The first kappa shape index (κ1) is 19.4. The summed E-state index contributed by atoms with van der Waals surface area (Å²) in [6.07, 6.45) is 0.202. The summed E-state index contributed by atoms with van der Waals surface area (Å²) < 4.78 is 23.8. The molecule has 1 amide bonds. The molecule has 0 aromatic heterocycles. The highest BCUT2D eigenvalue weighted by molar-refractivity contribution is 5.80. The lowest BCUT2D eigenvalue weighted by Gasteiger charge is -2.19. The molecular formula is C20H22FNO4. The number of hydrogen-bond donors (Lipinski definition) is 1. The lowest BCUT2D eigenvalue weighted by atomic mass is 10.0. The van der Waals surface area contributed by atoms with Crippen LogP contribution in [0.4, 0.5) is 9.18 Å². The minimum absolute atomic E-state index is 0.213. The first-order valence-corrected chi connectivity index (χ1v) is 8.23. The second-order valence-electron chi connectivity index (χ2n) is 6.69. The highest BCUT2D eigenvalue weighted by Crippen LogP contribution is 2.26. The third-order valence-corrected chi connectivity index (χ3v) is 3.28. The smallest absolute Gasteiger partial charge is 0.407 e. The number of rotatable bonds is 6. The molecule has 2 aromatic carbocycles. The van der Waals surface area contributed by atoms with Gasteiger partial charge in [-0.05, 0) is 62.2 Å². The molecule has 0 aliphatic heterocycles. The lowest BCUT2D eigenvalue weighted by Crippen LogP contribution is -2.34. The fourth-order valence-electron chi connectivity index (χ4n) is 2.22. The first-order chi connectivity index (χ1) is 12.3. The lowest BCUT2D eigenvalue weighted by molar-refractivity contribution is 0.0520. The Morgan fingerprint density at radius 3 is 2.42 bits per heavy atom. The topological polar surface area (TPSA) is 64.6 Å². The third-order valence-electron chi connectivity index (χ3n) is 3.28. The fraction of sp³-hybridized carbons (Fsp3) is 0.300. The maximum absolute atomic E-state index is 13.1. The van der Waals surface area contributed by atoms with Crippen molar-refractivity contribution in [3.05, 3.63) is 53.8 Å². The van der Waals surface area contributed by atoms with E-state index < -0.39 is 11.7 Å². The van der Waals surface area contributed by atoms with Crippen molar-refractivity contribution >= 4 is 12.4 Å². The Morgan fingerprint density at radius 2 is 1.81 bits per heavy atom. The van der Waals surface area contributed by atoms with Gasteiger partial charge < -0.3 is 14.8 Å². The molecule has 6 heteroatoms. The average molecular weight is 359 g/mol. The molecule has 1 N–H and O–H groups in total. The Hall–Kier alpha value is -2.89. The van der Waals surface area contributed by atoms with E-state index in [1.54, 1.807) is 51.1 Å². The normalized spacial score (nSPS) is 10.9. The van der Waals surface area contributed by atoms with Crippen molar-refractivity contribution in [1.29, 1.82) is 0 Å². The van der Waals surface area contributed by atoms with Crippen molar-refractivity contribution in [2.75, 3.05) is 13.2 Å². The molecule has 0 unspecified atom stereocenters. The van der Waals surface area contributed by atoms with Gasteiger partial charge in [0.1, 0.15) is 30.1 Å². The van der Waals surface area contributed by atoms with Gasteiger partial charge in [0, 0.05) is 5.56 Å². The number of alkyl carbamates (subject to hydrolysis) is 1. The molecule has 26 heavy (non-hydrogen) atoms. The Balaban J connectivity index is 1.99. The van der Waals surface area contributed by atoms with Crippen LogP contribution >= 0.6 is 0 Å². The maximum Gasteiger partial charge on any atom is 0.407 e. The molecule has 0 aliphatic rings. The van der Waals surface area contributed by atoms with Crippen LogP contribution in [-0.2, 0) is 4.74 Å². The van der Waals surface area contributed by atoms with Gasteiger partial charge in [0.2, 0.25) is 0 Å². The van der Waals surface area contributed by atoms with Crippen LogP contribution in [0.3, 0.4) is 0 Å². The van der Waals surface area contributed by atoms with Gasteiger partial charge >= 0.3 is 6.09 Å². The molecule has 0 bridgehead atoms. The number of carbonyl (C=O) groups is 2. The van der Waals surface area contributed by atoms with Gasteiger partial charge in [-0.1, -0.05) is 12.1 Å². The van der Waals surface area contributed by atoms with Crippen molar-refractivity contribution < 1.29 is 23.5 Å². The van der Waals surface area contributed by atoms with Crippen molar-refractivity contribution in [2.24, 2.45) is 0 Å². The number of halogens is 1. The molecule has 0 atom stereocenters. The summed E-state index contributed by atoms with van der Waals surface area (Å²) in [4.78, 5) is 22.7. The summed E-state index contributed by atoms with van der Waals surface area (Å²) in [5.74, 6) is 0.157. The fourth-order valence-corrected chi connectivity index (χ4v) is 2.22. The molecule has 2 aromatic rings. The van der Waals surface area contributed by atoms with E-state index in [4.69, 9.17) is 9.47 Å². The van der Waals surface area contributed by atoms with Gasteiger partial charge in [-0.15, -0.1) is 0 Å². The Morgan fingerprint density at radius 1 is 1.12 bits per heavy atom. The van der Waals surface area contributed by atoms with Crippen LogP contribution in [0.5, 0.6) is 5.75 Å². The minimum atomic E-state index is -0.562. The SMILES string of the molecule is CC(C)(C)OC(=O)NCCOc1cc(C=O)cc(-c2ccc(F)cc2)c1. The second kappa shape index (κ2) is 8.47. The molecule has 0 radical (unpaired) electrons. The van der Waals surface area contributed by atoms with Crippen molar-refractivity contribution in [3.8, 4) is 16.9 Å². The van der Waals surface area contributed by atoms with Gasteiger partial charge in [-0.25, -0.2) is 9.18 Å². The zero-order valence-corrected chi connectivity index (χ0v) is 15.0. The third kappa shape index (κ3) is 6.20. The van der Waals surface area contributed by atoms with Crippen molar-refractivity contribution in [2.45, 2.75) is 26.4 Å². The number of aldehydes is 1. The zero-order valence-electron chi connectivity index (χ0n) is 15.0. The summed E-state index contributed by atoms with van der Waals surface area (Å²) >= 11 is 0. The molecular weight excluding hydrogens is 337 g/mol. The van der Waals surface area contributed by atoms with Crippen LogP contribution < -0.4 is 10.1 Å². The molecule has 0 aliphatic carbocycles. The molecule has 138 valence electrons. The molecule has 0 heterocycles. The Bertz CT molecular complexity index is 766. The van der Waals surface area contributed by atoms with E-state index >= 15 is 0 Å². The van der Waals surface area contributed by atoms with Crippen LogP contribution in [-0.4, -0.2) is 31.1 Å². The van der Waals surface area contributed by atoms with Gasteiger partial charge in [0.15, 0.2) is 0 Å². The maximum atomic E-state index is 13.1. The summed E-state index contributed by atoms with van der Waals surface area (Å²) in [5, 5.41) is 2.59. The highest BCUT2D eigenvalue weighted by Gasteiger charge is 2.15. The Kier molecular flexibility index (Phi) is 6.33. The molecule has 0 spiro atoms. The Labute approximate surface area is 152 Å². The summed E-state index contributed by atoms with van der Waals surface area (Å²) in [5.41, 5.74) is 1.39. The van der Waals surface area contributed by atoms with E-state index in [-0.39, 0.29) is 19.0 Å². The zero-order chi connectivity index (χ0) is 19.2. The quantitative estimate of drug-likeness (QED) is 0.620. The number of hydrogen-bond acceptors (Lipinski definition) is 4. The van der Waals surface area contributed by atoms with E-state index in [9.17, 15) is 14.0 Å². The molecule has 5 nitrogen and oxygen atoms in total. The van der Waals surface area contributed by atoms with E-state index in [0.717, 1.165) is 17.4 Å². The van der Waals surface area contributed by atoms with Gasteiger partial charge in [-0.3, -0.25) is 4.79 Å². The summed E-state index contributed by atoms with van der Waals surface area (Å²) in [6, 6.07) is 11.0. The minimum Gasteiger partial charge on any atom is -0.492 e. The summed E-state index contributed by atoms with van der Waals surface area (Å²) in [7, 11) is 0. The van der Waals surface area contributed by atoms with E-state index in [1.807, 2.05) is 0 Å². The highest BCUT2D eigenvalue weighted by atomic mass is 19.1. The van der Waals surface area contributed by atoms with Crippen LogP contribution in [0.15, 0.2) is 42.5 Å². The van der Waals surface area contributed by atoms with E-state index in [1.165, 1.54) is 12.1 Å². The van der Waals surface area contributed by atoms with Gasteiger partial charge in [-0.2, -0.15) is 0 Å². The van der Waals surface area contributed by atoms with Crippen molar-refractivity contribution in [1.82, 2.24) is 5.32 Å². The molecule has 0 fully saturated rings. The van der Waals surface area contributed by atoms with Gasteiger partial charge in [0.25, 0.3) is 0 Å².